The second kappa shape index (κ2) is 25.6. The number of aromatic nitrogens is 2. The Morgan fingerprint density at radius 3 is 1.38 bits per heavy atom. The number of carbonyl (C=O) groups excluding carboxylic acids is 2. The predicted molar refractivity (Wildman–Crippen MR) is 229 cm³/mol. The molecule has 0 fully saturated rings. The third-order valence-corrected chi connectivity index (χ3v) is 11.2. The second-order valence-corrected chi connectivity index (χ2v) is 15.7. The van der Waals surface area contributed by atoms with Gasteiger partial charge in [0, 0.05) is 86.3 Å². The molecule has 4 rings (SSSR count). The number of rotatable bonds is 26. The minimum absolute atomic E-state index is 0.0290. The van der Waals surface area contributed by atoms with E-state index in [1.54, 1.807) is 21.6 Å². The van der Waals surface area contributed by atoms with Gasteiger partial charge in [-0.3, -0.25) is 9.59 Å². The highest BCUT2D eigenvalue weighted by atomic mass is 33.1. The van der Waals surface area contributed by atoms with Crippen LogP contribution in [0.5, 0.6) is 0 Å². The molecular formula is C43H55N5O6S2+2. The molecule has 0 spiro atoms. The summed E-state index contributed by atoms with van der Waals surface area (Å²) in [5.41, 5.74) is 6.04. The Hall–Kier alpha value is -4.50. The molecule has 4 aromatic rings. The van der Waals surface area contributed by atoms with E-state index in [0.29, 0.717) is 45.7 Å². The average Bonchev–Trinajstić information content (AvgIpc) is 3.21. The molecule has 2 heterocycles. The van der Waals surface area contributed by atoms with E-state index in [-0.39, 0.29) is 44.7 Å². The van der Waals surface area contributed by atoms with Crippen LogP contribution in [0.1, 0.15) is 35.1 Å². The van der Waals surface area contributed by atoms with E-state index in [9.17, 15) is 30.0 Å². The van der Waals surface area contributed by atoms with Crippen LogP contribution >= 0.6 is 21.6 Å². The van der Waals surface area contributed by atoms with Crippen LogP contribution in [-0.4, -0.2) is 103 Å². The van der Waals surface area contributed by atoms with Crippen molar-refractivity contribution in [3.8, 4) is 0 Å². The van der Waals surface area contributed by atoms with Gasteiger partial charge in [-0.05, 0) is 52.9 Å². The van der Waals surface area contributed by atoms with Crippen LogP contribution in [0.15, 0.2) is 97.6 Å². The van der Waals surface area contributed by atoms with Gasteiger partial charge in [-0.2, -0.15) is 9.13 Å². The van der Waals surface area contributed by atoms with Crippen LogP contribution in [-0.2, 0) is 22.7 Å². The van der Waals surface area contributed by atoms with Crippen LogP contribution in [0.3, 0.4) is 0 Å². The van der Waals surface area contributed by atoms with Gasteiger partial charge >= 0.3 is 0 Å². The third-order valence-electron chi connectivity index (χ3n) is 8.73. The summed E-state index contributed by atoms with van der Waals surface area (Å²) in [6.45, 7) is 3.18. The lowest BCUT2D eigenvalue weighted by molar-refractivity contribution is -0.684. The zero-order chi connectivity index (χ0) is 39.8. The van der Waals surface area contributed by atoms with Crippen molar-refractivity contribution in [1.29, 1.82) is 0 Å². The number of pyridine rings is 2. The van der Waals surface area contributed by atoms with Crippen molar-refractivity contribution in [2.75, 3.05) is 80.5 Å². The summed E-state index contributed by atoms with van der Waals surface area (Å²) < 4.78 is 3.75. The quantitative estimate of drug-likeness (QED) is 0.0363. The summed E-state index contributed by atoms with van der Waals surface area (Å²) in [5.74, 6) is 1.81. The molecule has 0 bridgehead atoms. The number of carbonyl (C=O) groups is 2. The van der Waals surface area contributed by atoms with Crippen molar-refractivity contribution in [1.82, 2.24) is 5.32 Å². The molecule has 5 N–H and O–H groups in total. The highest BCUT2D eigenvalue weighted by Gasteiger charge is 2.11. The van der Waals surface area contributed by atoms with Crippen molar-refractivity contribution in [2.45, 2.75) is 25.9 Å². The Kier molecular flexibility index (Phi) is 20.2. The molecule has 0 unspecified atom stereocenters. The normalized spacial score (nSPS) is 11.4. The van der Waals surface area contributed by atoms with E-state index < -0.39 is 0 Å². The van der Waals surface area contributed by atoms with Crippen molar-refractivity contribution in [2.24, 2.45) is 0 Å². The van der Waals surface area contributed by atoms with Gasteiger partial charge in [-0.1, -0.05) is 70.2 Å². The fourth-order valence-electron chi connectivity index (χ4n) is 5.75. The number of Topliss-reactive ketones (excluding diaryl/α,β-unsaturated/α-hetero) is 1. The third kappa shape index (κ3) is 16.3. The molecule has 0 radical (unpaired) electrons. The van der Waals surface area contributed by atoms with Gasteiger partial charge in [0.2, 0.25) is 13.1 Å². The van der Waals surface area contributed by atoms with E-state index in [1.165, 1.54) is 0 Å². The molecule has 0 aliphatic carbocycles. The molecule has 2 aromatic heterocycles. The van der Waals surface area contributed by atoms with E-state index >= 15 is 0 Å². The number of aliphatic hydroxyl groups is 4. The number of amides is 1. The Labute approximate surface area is 338 Å². The summed E-state index contributed by atoms with van der Waals surface area (Å²) in [4.78, 5) is 28.9. The molecular weight excluding hydrogens is 747 g/mol. The summed E-state index contributed by atoms with van der Waals surface area (Å²) >= 11 is 0. The number of nitrogens with one attached hydrogen (secondary N) is 1. The number of aliphatic hydroxyl groups excluding tert-OH is 4. The standard InChI is InChI=1S/C43H54N5O6S2/c49-28-24-47(25-29-50)40-11-7-36(8-12-40)3-5-38-15-20-45(21-16-38)34-42(53)2-1-32-55-56-33-19-44-43(54)35-46-22-17-39(18-23-46)6-4-37-9-13-41(14-10-37)48(26-30-51)27-31-52/h3-18,20-23,49-52H,1-2,19,24-35H2/q+1/p+1. The first-order chi connectivity index (χ1) is 27.4. The molecule has 0 aliphatic rings. The summed E-state index contributed by atoms with van der Waals surface area (Å²) in [6, 6.07) is 23.8. The van der Waals surface area contributed by atoms with E-state index in [4.69, 9.17) is 0 Å². The molecule has 56 heavy (non-hydrogen) atoms. The van der Waals surface area contributed by atoms with Gasteiger partial charge in [0.1, 0.15) is 0 Å². The van der Waals surface area contributed by atoms with Crippen molar-refractivity contribution in [3.63, 3.8) is 0 Å². The first kappa shape index (κ1) is 44.2. The lowest BCUT2D eigenvalue weighted by Crippen LogP contribution is -2.42. The zero-order valence-corrected chi connectivity index (χ0v) is 33.5. The summed E-state index contributed by atoms with van der Waals surface area (Å²) in [6.07, 6.45) is 17.1. The Morgan fingerprint density at radius 1 is 0.554 bits per heavy atom. The summed E-state index contributed by atoms with van der Waals surface area (Å²) in [7, 11) is 3.42. The summed E-state index contributed by atoms with van der Waals surface area (Å²) in [5, 5.41) is 40.0. The largest absolute Gasteiger partial charge is 0.395 e. The molecule has 0 aliphatic heterocycles. The van der Waals surface area contributed by atoms with Crippen LogP contribution in [0, 0.1) is 0 Å². The SMILES string of the molecule is O=C(CCCSSCCNC(=O)C[n+]1ccc(/C=C/c2ccc(N(CCO)CCO)cc2)cc1)C[n+]1ccc(/C=C/c2ccc(N(CCO)CCO)cc2)cc1. The number of nitrogens with zero attached hydrogens (tertiary/aromatic N) is 4. The van der Waals surface area contributed by atoms with Crippen molar-refractivity contribution < 1.29 is 39.1 Å². The molecule has 11 nitrogen and oxygen atoms in total. The lowest BCUT2D eigenvalue weighted by Gasteiger charge is -2.22. The van der Waals surface area contributed by atoms with E-state index in [0.717, 1.165) is 51.6 Å². The fourth-order valence-corrected chi connectivity index (χ4v) is 7.75. The monoisotopic (exact) mass is 801 g/mol. The number of anilines is 2. The van der Waals surface area contributed by atoms with Crippen LogP contribution in [0.2, 0.25) is 0 Å². The molecule has 2 aromatic carbocycles. The van der Waals surface area contributed by atoms with Crippen molar-refractivity contribution >= 4 is 69.0 Å². The Bertz CT molecular complexity index is 1640. The van der Waals surface area contributed by atoms with Gasteiger partial charge in [0.25, 0.3) is 5.91 Å². The predicted octanol–water partition coefficient (Wildman–Crippen LogP) is 3.73. The number of ketones is 1. The number of hydrogen-bond acceptors (Lipinski definition) is 10. The Balaban J connectivity index is 1.04. The molecule has 298 valence electrons. The first-order valence-corrected chi connectivity index (χ1v) is 21.4. The minimum atomic E-state index is -0.0415. The number of hydrogen-bond donors (Lipinski definition) is 5. The number of benzene rings is 2. The van der Waals surface area contributed by atoms with Gasteiger partial charge in [0.05, 0.1) is 26.4 Å². The molecule has 1 amide bonds. The molecule has 0 atom stereocenters. The average molecular weight is 802 g/mol. The van der Waals surface area contributed by atoms with Crippen molar-refractivity contribution in [3.05, 3.63) is 120 Å². The second-order valence-electron chi connectivity index (χ2n) is 13.0. The highest BCUT2D eigenvalue weighted by Crippen LogP contribution is 2.22. The van der Waals surface area contributed by atoms with E-state index in [1.807, 2.05) is 141 Å². The Morgan fingerprint density at radius 2 is 0.946 bits per heavy atom. The van der Waals surface area contributed by atoms with Gasteiger partial charge in [-0.25, -0.2) is 0 Å². The van der Waals surface area contributed by atoms with Crippen LogP contribution < -0.4 is 24.3 Å². The van der Waals surface area contributed by atoms with Gasteiger partial charge in [0.15, 0.2) is 30.6 Å². The van der Waals surface area contributed by atoms with Crippen LogP contribution in [0.4, 0.5) is 11.4 Å². The maximum atomic E-state index is 12.6. The maximum absolute atomic E-state index is 12.6. The minimum Gasteiger partial charge on any atom is -0.395 e. The van der Waals surface area contributed by atoms with Gasteiger partial charge < -0.3 is 35.5 Å². The molecule has 0 saturated carbocycles. The smallest absolute Gasteiger partial charge is 0.286 e. The topological polar surface area (TPSA) is 141 Å². The molecule has 0 saturated heterocycles. The van der Waals surface area contributed by atoms with E-state index in [2.05, 4.69) is 5.32 Å². The lowest BCUT2D eigenvalue weighted by atomic mass is 10.1. The fraction of sp³-hybridized carbons (Fsp3) is 0.349. The maximum Gasteiger partial charge on any atom is 0.286 e. The molecule has 13 heteroatoms. The highest BCUT2D eigenvalue weighted by molar-refractivity contribution is 8.76. The van der Waals surface area contributed by atoms with Crippen LogP contribution in [0.25, 0.3) is 24.3 Å². The van der Waals surface area contributed by atoms with Gasteiger partial charge in [-0.15, -0.1) is 0 Å². The zero-order valence-electron chi connectivity index (χ0n) is 31.9. The first-order valence-electron chi connectivity index (χ1n) is 18.9.